The largest absolute Gasteiger partial charge is 0.493 e. The fourth-order valence-corrected chi connectivity index (χ4v) is 2.14. The number of carbonyl (C=O) groups excluding carboxylic acids is 1. The van der Waals surface area contributed by atoms with E-state index in [1.807, 2.05) is 32.0 Å². The molecule has 1 aliphatic heterocycles. The SMILES string of the molecule is CC[C@H](C)NC(=O)[C@@H]1CC(c2ccc(OC)c(OC)c2)=NO1. The van der Waals surface area contributed by atoms with Crippen molar-refractivity contribution in [3.63, 3.8) is 0 Å². The molecule has 1 amide bonds. The lowest BCUT2D eigenvalue weighted by atomic mass is 10.0. The molecule has 0 unspecified atom stereocenters. The molecule has 2 rings (SSSR count). The van der Waals surface area contributed by atoms with Gasteiger partial charge in [-0.1, -0.05) is 12.1 Å². The average molecular weight is 306 g/mol. The Kier molecular flexibility index (Phi) is 5.25. The molecule has 22 heavy (non-hydrogen) atoms. The van der Waals surface area contributed by atoms with Gasteiger partial charge in [0.05, 0.1) is 19.9 Å². The highest BCUT2D eigenvalue weighted by molar-refractivity contribution is 6.04. The number of hydrogen-bond acceptors (Lipinski definition) is 5. The highest BCUT2D eigenvalue weighted by atomic mass is 16.6. The highest BCUT2D eigenvalue weighted by Gasteiger charge is 2.29. The number of benzene rings is 1. The van der Waals surface area contributed by atoms with E-state index in [9.17, 15) is 4.79 Å². The Morgan fingerprint density at radius 2 is 2.14 bits per heavy atom. The van der Waals surface area contributed by atoms with Crippen LogP contribution < -0.4 is 14.8 Å². The van der Waals surface area contributed by atoms with Gasteiger partial charge >= 0.3 is 0 Å². The minimum atomic E-state index is -0.572. The van der Waals surface area contributed by atoms with E-state index in [0.717, 1.165) is 17.7 Å². The summed E-state index contributed by atoms with van der Waals surface area (Å²) in [4.78, 5) is 17.3. The Balaban J connectivity index is 2.05. The van der Waals surface area contributed by atoms with Crippen LogP contribution in [-0.2, 0) is 9.63 Å². The Labute approximate surface area is 130 Å². The van der Waals surface area contributed by atoms with Crippen LogP contribution in [0.5, 0.6) is 11.5 Å². The lowest BCUT2D eigenvalue weighted by Gasteiger charge is -2.14. The summed E-state index contributed by atoms with van der Waals surface area (Å²) in [6.45, 7) is 3.98. The van der Waals surface area contributed by atoms with Crippen molar-refractivity contribution in [3.05, 3.63) is 23.8 Å². The average Bonchev–Trinajstić information content (AvgIpc) is 3.04. The second kappa shape index (κ2) is 7.15. The zero-order valence-electron chi connectivity index (χ0n) is 13.4. The van der Waals surface area contributed by atoms with E-state index in [-0.39, 0.29) is 11.9 Å². The monoisotopic (exact) mass is 306 g/mol. The molecule has 0 saturated carbocycles. The number of carbonyl (C=O) groups is 1. The fraction of sp³-hybridized carbons (Fsp3) is 0.500. The molecule has 0 bridgehead atoms. The third kappa shape index (κ3) is 3.50. The van der Waals surface area contributed by atoms with Gasteiger partial charge in [-0.25, -0.2) is 0 Å². The van der Waals surface area contributed by atoms with Crippen LogP contribution in [0.25, 0.3) is 0 Å². The maximum absolute atomic E-state index is 12.1. The van der Waals surface area contributed by atoms with Crippen LogP contribution >= 0.6 is 0 Å². The molecule has 120 valence electrons. The zero-order valence-corrected chi connectivity index (χ0v) is 13.4. The van der Waals surface area contributed by atoms with Crippen LogP contribution in [0, 0.1) is 0 Å². The van der Waals surface area contributed by atoms with Gasteiger partial charge in [0.2, 0.25) is 6.10 Å². The Bertz CT molecular complexity index is 571. The molecule has 0 saturated heterocycles. The van der Waals surface area contributed by atoms with Gasteiger partial charge in [0, 0.05) is 18.0 Å². The molecule has 1 heterocycles. The summed E-state index contributed by atoms with van der Waals surface area (Å²) in [7, 11) is 3.17. The number of ether oxygens (including phenoxy) is 2. The van der Waals surface area contributed by atoms with E-state index in [1.54, 1.807) is 14.2 Å². The van der Waals surface area contributed by atoms with Crippen LogP contribution in [0.1, 0.15) is 32.3 Å². The van der Waals surface area contributed by atoms with Crippen molar-refractivity contribution < 1.29 is 19.1 Å². The van der Waals surface area contributed by atoms with Gasteiger partial charge < -0.3 is 19.6 Å². The second-order valence-corrected chi connectivity index (χ2v) is 5.22. The van der Waals surface area contributed by atoms with Crippen molar-refractivity contribution in [1.82, 2.24) is 5.32 Å². The number of hydrogen-bond donors (Lipinski definition) is 1. The third-order valence-electron chi connectivity index (χ3n) is 3.68. The Morgan fingerprint density at radius 1 is 1.41 bits per heavy atom. The molecule has 0 spiro atoms. The molecule has 0 aromatic heterocycles. The summed E-state index contributed by atoms with van der Waals surface area (Å²) < 4.78 is 10.5. The maximum Gasteiger partial charge on any atom is 0.264 e. The van der Waals surface area contributed by atoms with E-state index in [1.165, 1.54) is 0 Å². The smallest absolute Gasteiger partial charge is 0.264 e. The third-order valence-corrected chi connectivity index (χ3v) is 3.68. The first kappa shape index (κ1) is 16.1. The summed E-state index contributed by atoms with van der Waals surface area (Å²) >= 11 is 0. The van der Waals surface area contributed by atoms with Crippen molar-refractivity contribution in [2.45, 2.75) is 38.8 Å². The van der Waals surface area contributed by atoms with Gasteiger partial charge in [0.1, 0.15) is 0 Å². The van der Waals surface area contributed by atoms with E-state index in [4.69, 9.17) is 14.3 Å². The van der Waals surface area contributed by atoms with Gasteiger partial charge in [-0.15, -0.1) is 0 Å². The van der Waals surface area contributed by atoms with Gasteiger partial charge in [-0.3, -0.25) is 4.79 Å². The normalized spacial score (nSPS) is 18.2. The summed E-state index contributed by atoms with van der Waals surface area (Å²) in [5.74, 6) is 1.14. The predicted octanol–water partition coefficient (Wildman–Crippen LogP) is 2.11. The lowest BCUT2D eigenvalue weighted by molar-refractivity contribution is -0.131. The molecule has 0 fully saturated rings. The van der Waals surface area contributed by atoms with Crippen molar-refractivity contribution >= 4 is 11.6 Å². The first-order valence-corrected chi connectivity index (χ1v) is 7.34. The number of amides is 1. The van der Waals surface area contributed by atoms with Crippen LogP contribution in [0.4, 0.5) is 0 Å². The maximum atomic E-state index is 12.1. The molecular formula is C16H22N2O4. The molecule has 1 N–H and O–H groups in total. The van der Waals surface area contributed by atoms with Gasteiger partial charge in [-0.05, 0) is 31.5 Å². The van der Waals surface area contributed by atoms with E-state index >= 15 is 0 Å². The molecule has 1 aromatic rings. The topological polar surface area (TPSA) is 69.2 Å². The lowest BCUT2D eigenvalue weighted by Crippen LogP contribution is -2.39. The number of rotatable bonds is 6. The highest BCUT2D eigenvalue weighted by Crippen LogP contribution is 2.29. The Morgan fingerprint density at radius 3 is 2.77 bits per heavy atom. The van der Waals surface area contributed by atoms with Crippen LogP contribution in [0.15, 0.2) is 23.4 Å². The zero-order chi connectivity index (χ0) is 16.1. The van der Waals surface area contributed by atoms with E-state index in [2.05, 4.69) is 10.5 Å². The van der Waals surface area contributed by atoms with Crippen LogP contribution in [-0.4, -0.2) is 38.0 Å². The van der Waals surface area contributed by atoms with Gasteiger partial charge in [0.15, 0.2) is 11.5 Å². The van der Waals surface area contributed by atoms with Crippen molar-refractivity contribution in [3.8, 4) is 11.5 Å². The first-order chi connectivity index (χ1) is 10.6. The predicted molar refractivity (Wildman–Crippen MR) is 83.5 cm³/mol. The fourth-order valence-electron chi connectivity index (χ4n) is 2.14. The Hall–Kier alpha value is -2.24. The number of oxime groups is 1. The molecule has 0 aliphatic carbocycles. The summed E-state index contributed by atoms with van der Waals surface area (Å²) in [6, 6.07) is 5.64. The van der Waals surface area contributed by atoms with Crippen molar-refractivity contribution in [1.29, 1.82) is 0 Å². The molecule has 1 aromatic carbocycles. The second-order valence-electron chi connectivity index (χ2n) is 5.22. The standard InChI is InChI=1S/C16H22N2O4/c1-5-10(2)17-16(19)15-9-12(18-22-15)11-6-7-13(20-3)14(8-11)21-4/h6-8,10,15H,5,9H2,1-4H3,(H,17,19)/t10-,15-/m0/s1. The summed E-state index contributed by atoms with van der Waals surface area (Å²) in [5.41, 5.74) is 1.58. The summed E-state index contributed by atoms with van der Waals surface area (Å²) in [5, 5.41) is 6.93. The molecular weight excluding hydrogens is 284 g/mol. The quantitative estimate of drug-likeness (QED) is 0.874. The van der Waals surface area contributed by atoms with E-state index in [0.29, 0.717) is 17.9 Å². The minimum Gasteiger partial charge on any atom is -0.493 e. The van der Waals surface area contributed by atoms with Crippen LogP contribution in [0.3, 0.4) is 0 Å². The molecule has 6 heteroatoms. The van der Waals surface area contributed by atoms with Crippen LogP contribution in [0.2, 0.25) is 0 Å². The molecule has 1 aliphatic rings. The van der Waals surface area contributed by atoms with Crippen molar-refractivity contribution in [2.24, 2.45) is 5.16 Å². The van der Waals surface area contributed by atoms with Gasteiger partial charge in [0.25, 0.3) is 5.91 Å². The number of nitrogens with one attached hydrogen (secondary N) is 1. The number of methoxy groups -OCH3 is 2. The van der Waals surface area contributed by atoms with Crippen molar-refractivity contribution in [2.75, 3.05) is 14.2 Å². The minimum absolute atomic E-state index is 0.126. The molecule has 2 atom stereocenters. The molecule has 0 radical (unpaired) electrons. The first-order valence-electron chi connectivity index (χ1n) is 7.34. The van der Waals surface area contributed by atoms with Gasteiger partial charge in [-0.2, -0.15) is 0 Å². The van der Waals surface area contributed by atoms with E-state index < -0.39 is 6.10 Å². The summed E-state index contributed by atoms with van der Waals surface area (Å²) in [6.07, 6.45) is 0.747. The molecule has 6 nitrogen and oxygen atoms in total. The number of nitrogens with zero attached hydrogens (tertiary/aromatic N) is 1.